The van der Waals surface area contributed by atoms with E-state index < -0.39 is 23.4 Å². The Labute approximate surface area is 106 Å². The smallest absolute Gasteiger partial charge is 0.434 e. The highest BCUT2D eigenvalue weighted by Crippen LogP contribution is 2.34. The predicted molar refractivity (Wildman–Crippen MR) is 61.6 cm³/mol. The first-order valence-electron chi connectivity index (χ1n) is 5.26. The van der Waals surface area contributed by atoms with Crippen LogP contribution in [0, 0.1) is 0 Å². The second kappa shape index (κ2) is 4.72. The van der Waals surface area contributed by atoms with Crippen molar-refractivity contribution >= 4 is 5.97 Å². The van der Waals surface area contributed by atoms with E-state index in [-0.39, 0.29) is 5.56 Å². The minimum atomic E-state index is -4.81. The molecule has 1 N–H and O–H groups in total. The van der Waals surface area contributed by atoms with Gasteiger partial charge in [-0.05, 0) is 17.2 Å². The Bertz CT molecular complexity index is 609. The molecule has 1 aromatic carbocycles. The molecule has 0 atom stereocenters. The van der Waals surface area contributed by atoms with Crippen molar-refractivity contribution in [3.8, 4) is 11.1 Å². The number of rotatable bonds is 2. The second-order valence-corrected chi connectivity index (χ2v) is 3.75. The molecule has 98 valence electrons. The molecule has 0 fully saturated rings. The third kappa shape index (κ3) is 2.57. The molecule has 0 unspecified atom stereocenters. The monoisotopic (exact) mass is 267 g/mol. The first-order chi connectivity index (χ1) is 8.91. The molecular formula is C13H8F3NO2. The Morgan fingerprint density at radius 3 is 2.26 bits per heavy atom. The first kappa shape index (κ1) is 13.1. The van der Waals surface area contributed by atoms with Crippen LogP contribution >= 0.6 is 0 Å². The Balaban J connectivity index is 2.73. The van der Waals surface area contributed by atoms with Crippen molar-refractivity contribution in [3.63, 3.8) is 0 Å². The Morgan fingerprint density at radius 2 is 1.74 bits per heavy atom. The zero-order valence-corrected chi connectivity index (χ0v) is 9.48. The maximum Gasteiger partial charge on any atom is 0.434 e. The number of hydrogen-bond acceptors (Lipinski definition) is 2. The van der Waals surface area contributed by atoms with Crippen molar-refractivity contribution in [2.75, 3.05) is 0 Å². The van der Waals surface area contributed by atoms with Gasteiger partial charge in [0.05, 0.1) is 5.56 Å². The van der Waals surface area contributed by atoms with Gasteiger partial charge in [-0.15, -0.1) is 0 Å². The number of pyridine rings is 1. The van der Waals surface area contributed by atoms with Gasteiger partial charge < -0.3 is 5.11 Å². The molecule has 1 aromatic heterocycles. The minimum absolute atomic E-state index is 0.00424. The molecule has 0 saturated carbocycles. The van der Waals surface area contributed by atoms with Crippen LogP contribution in [-0.2, 0) is 6.18 Å². The number of benzene rings is 1. The zero-order chi connectivity index (χ0) is 14.0. The lowest BCUT2D eigenvalue weighted by molar-refractivity contribution is -0.141. The summed E-state index contributed by atoms with van der Waals surface area (Å²) in [7, 11) is 0. The number of aromatic nitrogens is 1. The van der Waals surface area contributed by atoms with Crippen molar-refractivity contribution in [2.45, 2.75) is 6.18 Å². The first-order valence-corrected chi connectivity index (χ1v) is 5.26. The number of hydrogen-bond donors (Lipinski definition) is 1. The Kier molecular flexibility index (Phi) is 3.25. The fourth-order valence-electron chi connectivity index (χ4n) is 1.75. The summed E-state index contributed by atoms with van der Waals surface area (Å²) in [6, 6.07) is 9.27. The SMILES string of the molecule is O=C(O)c1c(-c2ccccc2)ccnc1C(F)(F)F. The molecule has 0 amide bonds. The number of carbonyl (C=O) groups is 1. The van der Waals surface area contributed by atoms with Crippen molar-refractivity contribution < 1.29 is 23.1 Å². The van der Waals surface area contributed by atoms with E-state index in [0.717, 1.165) is 6.20 Å². The molecule has 19 heavy (non-hydrogen) atoms. The molecule has 3 nitrogen and oxygen atoms in total. The maximum atomic E-state index is 12.8. The molecule has 0 bridgehead atoms. The quantitative estimate of drug-likeness (QED) is 0.906. The summed E-state index contributed by atoms with van der Waals surface area (Å²) in [6.45, 7) is 0. The van der Waals surface area contributed by atoms with E-state index in [1.807, 2.05) is 0 Å². The topological polar surface area (TPSA) is 50.2 Å². The molecule has 0 saturated heterocycles. The molecule has 2 rings (SSSR count). The number of alkyl halides is 3. The lowest BCUT2D eigenvalue weighted by Crippen LogP contribution is -2.16. The van der Waals surface area contributed by atoms with Crippen LogP contribution in [0.4, 0.5) is 13.2 Å². The van der Waals surface area contributed by atoms with Crippen molar-refractivity contribution in [3.05, 3.63) is 53.9 Å². The fraction of sp³-hybridized carbons (Fsp3) is 0.0769. The summed E-state index contributed by atoms with van der Waals surface area (Å²) in [6.07, 6.45) is -3.85. The van der Waals surface area contributed by atoms with Gasteiger partial charge in [-0.2, -0.15) is 13.2 Å². The standard InChI is InChI=1S/C13H8F3NO2/c14-13(15,16)11-10(12(18)19)9(6-7-17-11)8-4-2-1-3-5-8/h1-7H,(H,18,19). The van der Waals surface area contributed by atoms with Gasteiger partial charge in [0.2, 0.25) is 0 Å². The second-order valence-electron chi connectivity index (χ2n) is 3.75. The van der Waals surface area contributed by atoms with Crippen LogP contribution in [0.25, 0.3) is 11.1 Å². The van der Waals surface area contributed by atoms with Gasteiger partial charge in [0.25, 0.3) is 0 Å². The summed E-state index contributed by atoms with van der Waals surface area (Å²) < 4.78 is 38.3. The van der Waals surface area contributed by atoms with Crippen LogP contribution in [0.15, 0.2) is 42.6 Å². The van der Waals surface area contributed by atoms with Gasteiger partial charge in [-0.3, -0.25) is 4.98 Å². The average molecular weight is 267 g/mol. The molecule has 0 radical (unpaired) electrons. The maximum absolute atomic E-state index is 12.8. The van der Waals surface area contributed by atoms with E-state index in [4.69, 9.17) is 5.11 Å². The van der Waals surface area contributed by atoms with E-state index in [9.17, 15) is 18.0 Å². The molecule has 0 aliphatic heterocycles. The summed E-state index contributed by atoms with van der Waals surface area (Å²) in [5.74, 6) is -1.65. The highest BCUT2D eigenvalue weighted by atomic mass is 19.4. The van der Waals surface area contributed by atoms with E-state index in [1.54, 1.807) is 30.3 Å². The molecule has 6 heteroatoms. The van der Waals surface area contributed by atoms with Gasteiger partial charge in [-0.25, -0.2) is 4.79 Å². The van der Waals surface area contributed by atoms with Crippen LogP contribution in [0.1, 0.15) is 16.1 Å². The summed E-state index contributed by atoms with van der Waals surface area (Å²) >= 11 is 0. The predicted octanol–water partition coefficient (Wildman–Crippen LogP) is 3.47. The summed E-state index contributed by atoms with van der Waals surface area (Å²) in [5, 5.41) is 9.03. The number of aromatic carboxylic acids is 1. The van der Waals surface area contributed by atoms with Crippen LogP contribution in [-0.4, -0.2) is 16.1 Å². The third-order valence-corrected chi connectivity index (χ3v) is 2.52. The largest absolute Gasteiger partial charge is 0.478 e. The number of carboxylic acid groups (broad SMARTS) is 1. The Hall–Kier alpha value is -2.37. The molecule has 1 heterocycles. The third-order valence-electron chi connectivity index (χ3n) is 2.52. The van der Waals surface area contributed by atoms with E-state index >= 15 is 0 Å². The number of halogens is 3. The molecule has 0 aliphatic rings. The summed E-state index contributed by atoms with van der Waals surface area (Å²) in [5.41, 5.74) is -1.83. The molecule has 0 spiro atoms. The molecular weight excluding hydrogens is 259 g/mol. The minimum Gasteiger partial charge on any atom is -0.478 e. The highest BCUT2D eigenvalue weighted by molar-refractivity contribution is 5.97. The van der Waals surface area contributed by atoms with Crippen LogP contribution in [0.3, 0.4) is 0 Å². The van der Waals surface area contributed by atoms with E-state index in [1.165, 1.54) is 6.07 Å². The van der Waals surface area contributed by atoms with E-state index in [0.29, 0.717) is 5.56 Å². The van der Waals surface area contributed by atoms with Gasteiger partial charge >= 0.3 is 12.1 Å². The van der Waals surface area contributed by atoms with Crippen molar-refractivity contribution in [1.29, 1.82) is 0 Å². The highest BCUT2D eigenvalue weighted by Gasteiger charge is 2.38. The van der Waals surface area contributed by atoms with Gasteiger partial charge in [-0.1, -0.05) is 30.3 Å². The van der Waals surface area contributed by atoms with Gasteiger partial charge in [0.1, 0.15) is 0 Å². The number of nitrogens with zero attached hydrogens (tertiary/aromatic N) is 1. The van der Waals surface area contributed by atoms with Crippen LogP contribution in [0.2, 0.25) is 0 Å². The lowest BCUT2D eigenvalue weighted by Gasteiger charge is -2.12. The van der Waals surface area contributed by atoms with E-state index in [2.05, 4.69) is 4.98 Å². The van der Waals surface area contributed by atoms with Gasteiger partial charge in [0, 0.05) is 6.20 Å². The Morgan fingerprint density at radius 1 is 1.11 bits per heavy atom. The number of carboxylic acids is 1. The van der Waals surface area contributed by atoms with Crippen molar-refractivity contribution in [1.82, 2.24) is 4.98 Å². The van der Waals surface area contributed by atoms with Gasteiger partial charge in [0.15, 0.2) is 5.69 Å². The summed E-state index contributed by atoms with van der Waals surface area (Å²) in [4.78, 5) is 14.3. The fourth-order valence-corrected chi connectivity index (χ4v) is 1.75. The van der Waals surface area contributed by atoms with Crippen LogP contribution in [0.5, 0.6) is 0 Å². The van der Waals surface area contributed by atoms with Crippen molar-refractivity contribution in [2.24, 2.45) is 0 Å². The average Bonchev–Trinajstić information content (AvgIpc) is 2.37. The molecule has 2 aromatic rings. The normalized spacial score (nSPS) is 11.3. The van der Waals surface area contributed by atoms with Crippen LogP contribution < -0.4 is 0 Å². The molecule has 0 aliphatic carbocycles. The lowest BCUT2D eigenvalue weighted by atomic mass is 9.99. The zero-order valence-electron chi connectivity index (χ0n) is 9.48.